The van der Waals surface area contributed by atoms with Crippen molar-refractivity contribution in [3.63, 3.8) is 0 Å². The molecule has 4 heterocycles. The van der Waals surface area contributed by atoms with Crippen molar-refractivity contribution < 1.29 is 0 Å². The van der Waals surface area contributed by atoms with Crippen molar-refractivity contribution in [1.82, 2.24) is 0 Å². The molecule has 4 aromatic heterocycles. The van der Waals surface area contributed by atoms with Crippen molar-refractivity contribution in [2.75, 3.05) is 0 Å². The Kier molecular flexibility index (Phi) is 3.65. The summed E-state index contributed by atoms with van der Waals surface area (Å²) >= 11 is 8.03. The lowest BCUT2D eigenvalue weighted by molar-refractivity contribution is 0.959. The van der Waals surface area contributed by atoms with Gasteiger partial charge in [0.25, 0.3) is 0 Å². The standard InChI is InChI=1S/C28H20S4/c1-13-7-17-9-15-3-5-19-25(21(15)11-23(17)29-13)31-28-20-6-4-16-10-18-8-14(2)30-24(18)12-22(16)26(20)32-27(19)28/h7-12H,3-6H2,1-2H3. The number of hydrogen-bond acceptors (Lipinski definition) is 4. The highest BCUT2D eigenvalue weighted by atomic mass is 32.1. The monoisotopic (exact) mass is 484 g/mol. The molecule has 0 atom stereocenters. The van der Waals surface area contributed by atoms with Crippen molar-refractivity contribution in [2.24, 2.45) is 0 Å². The highest BCUT2D eigenvalue weighted by Gasteiger charge is 2.29. The fourth-order valence-corrected chi connectivity index (χ4v) is 10.8. The van der Waals surface area contributed by atoms with E-state index in [0.717, 1.165) is 0 Å². The lowest BCUT2D eigenvalue weighted by Crippen LogP contribution is -2.01. The Labute approximate surface area is 202 Å². The zero-order valence-corrected chi connectivity index (χ0v) is 21.2. The molecule has 8 rings (SSSR count). The molecule has 2 aliphatic rings. The van der Waals surface area contributed by atoms with Gasteiger partial charge in [0, 0.05) is 38.3 Å². The van der Waals surface area contributed by atoms with Crippen molar-refractivity contribution in [3.05, 3.63) is 68.4 Å². The van der Waals surface area contributed by atoms with Crippen LogP contribution in [0.4, 0.5) is 0 Å². The zero-order chi connectivity index (χ0) is 21.1. The van der Waals surface area contributed by atoms with Crippen LogP contribution in [-0.2, 0) is 25.7 Å². The molecule has 0 aliphatic heterocycles. The van der Waals surface area contributed by atoms with Crippen LogP contribution in [0.2, 0.25) is 0 Å². The average Bonchev–Trinajstić information content (AvgIpc) is 3.49. The van der Waals surface area contributed by atoms with Gasteiger partial charge in [0.2, 0.25) is 0 Å². The van der Waals surface area contributed by atoms with Gasteiger partial charge in [-0.1, -0.05) is 0 Å². The second kappa shape index (κ2) is 6.32. The van der Waals surface area contributed by atoms with Gasteiger partial charge in [-0.2, -0.15) is 0 Å². The van der Waals surface area contributed by atoms with Crippen LogP contribution in [0.1, 0.15) is 32.0 Å². The molecule has 4 heteroatoms. The number of hydrogen-bond donors (Lipinski definition) is 0. The summed E-state index contributed by atoms with van der Waals surface area (Å²) in [5, 5.41) is 2.86. The summed E-state index contributed by atoms with van der Waals surface area (Å²) < 4.78 is 6.05. The van der Waals surface area contributed by atoms with Gasteiger partial charge < -0.3 is 0 Å². The molecule has 156 valence electrons. The Morgan fingerprint density at radius 1 is 0.531 bits per heavy atom. The van der Waals surface area contributed by atoms with E-state index in [4.69, 9.17) is 0 Å². The number of rotatable bonds is 0. The van der Waals surface area contributed by atoms with Crippen LogP contribution in [0.15, 0.2) is 36.4 Å². The first-order chi connectivity index (χ1) is 15.6. The third-order valence-corrected chi connectivity index (χ3v) is 12.0. The molecule has 2 aliphatic carbocycles. The molecule has 0 unspecified atom stereocenters. The van der Waals surface area contributed by atoms with Crippen molar-refractivity contribution in [2.45, 2.75) is 39.5 Å². The van der Waals surface area contributed by atoms with E-state index in [0.29, 0.717) is 0 Å². The van der Waals surface area contributed by atoms with E-state index < -0.39 is 0 Å². The summed E-state index contributed by atoms with van der Waals surface area (Å²) in [5.41, 5.74) is 9.36. The molecule has 0 nitrogen and oxygen atoms in total. The van der Waals surface area contributed by atoms with Crippen LogP contribution >= 0.6 is 45.3 Å². The Balaban J connectivity index is 1.35. The van der Waals surface area contributed by atoms with Gasteiger partial charge in [0.15, 0.2) is 0 Å². The largest absolute Gasteiger partial charge is 0.141 e. The second-order valence-corrected chi connectivity index (χ2v) is 13.9. The van der Waals surface area contributed by atoms with Crippen molar-refractivity contribution >= 4 is 74.9 Å². The molecule has 0 N–H and O–H groups in total. The maximum atomic E-state index is 2.48. The Morgan fingerprint density at radius 3 is 1.47 bits per heavy atom. The first-order valence-corrected chi connectivity index (χ1v) is 14.5. The predicted molar refractivity (Wildman–Crippen MR) is 146 cm³/mol. The minimum absolute atomic E-state index is 1.17. The number of benzene rings is 2. The smallest absolute Gasteiger partial charge is 0.0498 e. The minimum Gasteiger partial charge on any atom is -0.141 e. The molecule has 2 aromatic carbocycles. The van der Waals surface area contributed by atoms with E-state index in [9.17, 15) is 0 Å². The predicted octanol–water partition coefficient (Wildman–Crippen LogP) is 9.54. The zero-order valence-electron chi connectivity index (χ0n) is 17.9. The van der Waals surface area contributed by atoms with Crippen LogP contribution < -0.4 is 0 Å². The van der Waals surface area contributed by atoms with E-state index in [2.05, 4.69) is 72.9 Å². The van der Waals surface area contributed by atoms with Gasteiger partial charge in [0.1, 0.15) is 0 Å². The maximum absolute atomic E-state index is 2.48. The van der Waals surface area contributed by atoms with Crippen LogP contribution in [0.25, 0.3) is 50.5 Å². The highest BCUT2D eigenvalue weighted by Crippen LogP contribution is 2.54. The lowest BCUT2D eigenvalue weighted by atomic mass is 9.89. The lowest BCUT2D eigenvalue weighted by Gasteiger charge is -2.18. The topological polar surface area (TPSA) is 0 Å². The molecule has 0 radical (unpaired) electrons. The SMILES string of the molecule is Cc1cc2cc3c(cc2s1)-c1sc2c4c(sc2c1CC3)-c1cc2sc(C)cc2cc1CC4. The van der Waals surface area contributed by atoms with Gasteiger partial charge in [-0.3, -0.25) is 0 Å². The average molecular weight is 485 g/mol. The molecule has 0 saturated heterocycles. The fraction of sp³-hybridized carbons (Fsp3) is 0.214. The Bertz CT molecular complexity index is 1620. The van der Waals surface area contributed by atoms with Gasteiger partial charge in [0.05, 0.1) is 0 Å². The number of fused-ring (bicyclic) bond motifs is 11. The summed E-state index contributed by atoms with van der Waals surface area (Å²) in [6.07, 6.45) is 4.72. The van der Waals surface area contributed by atoms with E-state index in [1.165, 1.54) is 66.7 Å². The minimum atomic E-state index is 1.17. The normalized spacial score (nSPS) is 14.7. The van der Waals surface area contributed by atoms with E-state index in [1.54, 1.807) is 41.4 Å². The van der Waals surface area contributed by atoms with E-state index in [1.807, 2.05) is 22.7 Å². The van der Waals surface area contributed by atoms with Crippen LogP contribution in [0.3, 0.4) is 0 Å². The third kappa shape index (κ3) is 2.42. The molecule has 0 bridgehead atoms. The third-order valence-electron chi connectivity index (χ3n) is 7.22. The summed E-state index contributed by atoms with van der Waals surface area (Å²) in [6.45, 7) is 4.46. The number of thiophene rings is 4. The Morgan fingerprint density at radius 2 is 1.00 bits per heavy atom. The van der Waals surface area contributed by atoms with Gasteiger partial charge in [-0.05, 0) is 120 Å². The summed E-state index contributed by atoms with van der Waals surface area (Å²) in [7, 11) is 0. The summed E-state index contributed by atoms with van der Waals surface area (Å²) in [5.74, 6) is 0. The Hall–Kier alpha value is -1.98. The molecule has 32 heavy (non-hydrogen) atoms. The molecule has 6 aromatic rings. The summed E-state index contributed by atoms with van der Waals surface area (Å²) in [6, 6.07) is 14.6. The quantitative estimate of drug-likeness (QED) is 0.201. The van der Waals surface area contributed by atoms with Crippen LogP contribution in [0, 0.1) is 13.8 Å². The van der Waals surface area contributed by atoms with Crippen molar-refractivity contribution in [3.8, 4) is 20.9 Å². The van der Waals surface area contributed by atoms with E-state index >= 15 is 0 Å². The molecular weight excluding hydrogens is 465 g/mol. The second-order valence-electron chi connectivity index (χ2n) is 9.29. The molecule has 0 spiro atoms. The first-order valence-electron chi connectivity index (χ1n) is 11.3. The molecule has 0 saturated carbocycles. The van der Waals surface area contributed by atoms with E-state index in [-0.39, 0.29) is 0 Å². The van der Waals surface area contributed by atoms with Crippen LogP contribution in [-0.4, -0.2) is 0 Å². The van der Waals surface area contributed by atoms with Gasteiger partial charge in [-0.15, -0.1) is 45.3 Å². The first kappa shape index (κ1) is 18.4. The molecular formula is C28H20S4. The molecule has 0 amide bonds. The van der Waals surface area contributed by atoms with Crippen molar-refractivity contribution in [1.29, 1.82) is 0 Å². The number of aryl methyl sites for hydroxylation is 6. The molecule has 0 fully saturated rings. The maximum Gasteiger partial charge on any atom is 0.0498 e. The highest BCUT2D eigenvalue weighted by molar-refractivity contribution is 7.32. The fourth-order valence-electron chi connectivity index (χ4n) is 5.80. The van der Waals surface area contributed by atoms with Gasteiger partial charge in [-0.25, -0.2) is 0 Å². The van der Waals surface area contributed by atoms with Crippen LogP contribution in [0.5, 0.6) is 0 Å². The van der Waals surface area contributed by atoms with Gasteiger partial charge >= 0.3 is 0 Å². The summed E-state index contributed by atoms with van der Waals surface area (Å²) in [4.78, 5) is 5.94.